The summed E-state index contributed by atoms with van der Waals surface area (Å²) in [7, 11) is 0. The first kappa shape index (κ1) is 15.9. The highest BCUT2D eigenvalue weighted by atomic mass is 79.9. The van der Waals surface area contributed by atoms with E-state index in [1.54, 1.807) is 25.1 Å². The van der Waals surface area contributed by atoms with Crippen LogP contribution in [0.5, 0.6) is 0 Å². The molecule has 0 radical (unpaired) electrons. The third-order valence-electron chi connectivity index (χ3n) is 2.75. The number of hydrogen-bond acceptors (Lipinski definition) is 3. The monoisotopic (exact) mass is 368 g/mol. The fraction of sp³-hybridized carbons (Fsp3) is 0.133. The number of benzene rings is 2. The molecule has 0 saturated carbocycles. The number of nitrogen functional groups attached to an aromatic ring is 1. The molecule has 0 aliphatic rings. The van der Waals surface area contributed by atoms with E-state index in [0.717, 1.165) is 4.90 Å². The van der Waals surface area contributed by atoms with Gasteiger partial charge in [0.25, 0.3) is 0 Å². The van der Waals surface area contributed by atoms with Crippen LogP contribution in [0, 0.1) is 5.82 Å². The molecule has 0 heterocycles. The number of amides is 1. The average molecular weight is 369 g/mol. The largest absolute Gasteiger partial charge is 0.399 e. The number of nitrogens with one attached hydrogen (secondary N) is 1. The normalized spacial score (nSPS) is 12.0. The summed E-state index contributed by atoms with van der Waals surface area (Å²) in [6, 6.07) is 11.8. The summed E-state index contributed by atoms with van der Waals surface area (Å²) in [6.07, 6.45) is 0. The average Bonchev–Trinajstić information content (AvgIpc) is 2.44. The summed E-state index contributed by atoms with van der Waals surface area (Å²) in [5, 5.41) is 2.24. The Balaban J connectivity index is 2.00. The van der Waals surface area contributed by atoms with Crippen molar-refractivity contribution in [3.63, 3.8) is 0 Å². The van der Waals surface area contributed by atoms with Crippen LogP contribution in [-0.4, -0.2) is 11.2 Å². The van der Waals surface area contributed by atoms with Crippen molar-refractivity contribution < 1.29 is 9.18 Å². The van der Waals surface area contributed by atoms with E-state index in [1.165, 1.54) is 23.9 Å². The lowest BCUT2D eigenvalue weighted by Crippen LogP contribution is -2.22. The van der Waals surface area contributed by atoms with Gasteiger partial charge in [0.1, 0.15) is 5.82 Å². The van der Waals surface area contributed by atoms with Crippen molar-refractivity contribution in [2.75, 3.05) is 11.1 Å². The van der Waals surface area contributed by atoms with Gasteiger partial charge in [0.05, 0.1) is 10.9 Å². The summed E-state index contributed by atoms with van der Waals surface area (Å²) in [5.74, 6) is -0.722. The molecule has 1 atom stereocenters. The molecule has 0 bridgehead atoms. The van der Waals surface area contributed by atoms with E-state index in [1.807, 2.05) is 12.1 Å². The third-order valence-corrected chi connectivity index (χ3v) is 4.36. The van der Waals surface area contributed by atoms with Crippen LogP contribution in [0.1, 0.15) is 6.92 Å². The number of carbonyl (C=O) groups excluding carboxylic acids is 1. The predicted octanol–water partition coefficient (Wildman–Crippen LogP) is 4.29. The van der Waals surface area contributed by atoms with Crippen molar-refractivity contribution in [1.29, 1.82) is 0 Å². The van der Waals surface area contributed by atoms with E-state index in [2.05, 4.69) is 21.2 Å². The number of thioether (sulfide) groups is 1. The third kappa shape index (κ3) is 4.47. The highest BCUT2D eigenvalue weighted by Crippen LogP contribution is 2.26. The van der Waals surface area contributed by atoms with Crippen LogP contribution < -0.4 is 11.1 Å². The molecule has 110 valence electrons. The Morgan fingerprint density at radius 3 is 2.57 bits per heavy atom. The summed E-state index contributed by atoms with van der Waals surface area (Å²) < 4.78 is 14.3. The minimum absolute atomic E-state index is 0.174. The lowest BCUT2D eigenvalue weighted by atomic mass is 10.3. The first-order chi connectivity index (χ1) is 9.95. The Labute approximate surface area is 135 Å². The van der Waals surface area contributed by atoms with Crippen LogP contribution >= 0.6 is 27.7 Å². The van der Waals surface area contributed by atoms with Crippen molar-refractivity contribution in [2.45, 2.75) is 17.1 Å². The van der Waals surface area contributed by atoms with Crippen molar-refractivity contribution in [3.8, 4) is 0 Å². The molecule has 3 N–H and O–H groups in total. The number of carbonyl (C=O) groups is 1. The van der Waals surface area contributed by atoms with Gasteiger partial charge in [0.15, 0.2) is 0 Å². The van der Waals surface area contributed by atoms with Gasteiger partial charge in [0, 0.05) is 15.1 Å². The maximum atomic E-state index is 13.7. The fourth-order valence-electron chi connectivity index (χ4n) is 1.63. The Kier molecular flexibility index (Phi) is 5.25. The van der Waals surface area contributed by atoms with E-state index >= 15 is 0 Å². The Bertz CT molecular complexity index is 649. The Morgan fingerprint density at radius 1 is 1.29 bits per heavy atom. The van der Waals surface area contributed by atoms with Crippen molar-refractivity contribution in [1.82, 2.24) is 0 Å². The first-order valence-corrected chi connectivity index (χ1v) is 7.91. The second-order valence-electron chi connectivity index (χ2n) is 4.44. The van der Waals surface area contributed by atoms with E-state index in [4.69, 9.17) is 5.73 Å². The summed E-state index contributed by atoms with van der Waals surface area (Å²) in [5.41, 5.74) is 6.46. The van der Waals surface area contributed by atoms with Crippen LogP contribution in [0.25, 0.3) is 0 Å². The summed E-state index contributed by atoms with van der Waals surface area (Å²) >= 11 is 4.56. The van der Waals surface area contributed by atoms with E-state index in [0.29, 0.717) is 10.2 Å². The zero-order valence-electron chi connectivity index (χ0n) is 11.3. The zero-order valence-corrected chi connectivity index (χ0v) is 13.7. The lowest BCUT2D eigenvalue weighted by molar-refractivity contribution is -0.115. The molecule has 0 aliphatic carbocycles. The molecule has 1 unspecified atom stereocenters. The topological polar surface area (TPSA) is 55.1 Å². The van der Waals surface area contributed by atoms with Crippen LogP contribution in [-0.2, 0) is 4.79 Å². The van der Waals surface area contributed by atoms with Gasteiger partial charge in [-0.3, -0.25) is 4.79 Å². The number of halogens is 2. The number of anilines is 2. The minimum atomic E-state index is -0.470. The second-order valence-corrected chi connectivity index (χ2v) is 6.77. The van der Waals surface area contributed by atoms with Gasteiger partial charge in [-0.25, -0.2) is 4.39 Å². The minimum Gasteiger partial charge on any atom is -0.399 e. The van der Waals surface area contributed by atoms with Gasteiger partial charge in [0.2, 0.25) is 5.91 Å². The smallest absolute Gasteiger partial charge is 0.237 e. The SMILES string of the molecule is CC(Sc1ccc(N)cc1)C(=O)Nc1ccc(Br)cc1F. The van der Waals surface area contributed by atoms with Gasteiger partial charge in [-0.05, 0) is 49.4 Å². The molecule has 0 fully saturated rings. The highest BCUT2D eigenvalue weighted by Gasteiger charge is 2.16. The maximum absolute atomic E-state index is 13.7. The van der Waals surface area contributed by atoms with Gasteiger partial charge in [-0.2, -0.15) is 0 Å². The van der Waals surface area contributed by atoms with Gasteiger partial charge >= 0.3 is 0 Å². The summed E-state index contributed by atoms with van der Waals surface area (Å²) in [4.78, 5) is 13.0. The molecule has 2 rings (SSSR count). The Morgan fingerprint density at radius 2 is 1.95 bits per heavy atom. The standard InChI is InChI=1S/C15H14BrFN2OS/c1-9(21-12-5-3-11(18)4-6-12)15(20)19-14-7-2-10(16)8-13(14)17/h2-9H,18H2,1H3,(H,19,20). The Hall–Kier alpha value is -1.53. The molecule has 0 aromatic heterocycles. The number of rotatable bonds is 4. The van der Waals surface area contributed by atoms with Gasteiger partial charge in [-0.15, -0.1) is 11.8 Å². The molecule has 6 heteroatoms. The molecule has 0 aliphatic heterocycles. The number of nitrogens with two attached hydrogens (primary N) is 1. The number of hydrogen-bond donors (Lipinski definition) is 2. The fourth-order valence-corrected chi connectivity index (χ4v) is 2.83. The first-order valence-electron chi connectivity index (χ1n) is 6.24. The van der Waals surface area contributed by atoms with Crippen LogP contribution in [0.2, 0.25) is 0 Å². The lowest BCUT2D eigenvalue weighted by Gasteiger charge is -2.12. The molecular weight excluding hydrogens is 355 g/mol. The molecule has 0 saturated heterocycles. The van der Waals surface area contributed by atoms with Crippen molar-refractivity contribution >= 4 is 45.0 Å². The molecule has 2 aromatic carbocycles. The van der Waals surface area contributed by atoms with E-state index < -0.39 is 5.82 Å². The second kappa shape index (κ2) is 6.95. The van der Waals surface area contributed by atoms with E-state index in [9.17, 15) is 9.18 Å². The molecular formula is C15H14BrFN2OS. The quantitative estimate of drug-likeness (QED) is 0.625. The molecule has 21 heavy (non-hydrogen) atoms. The van der Waals surface area contributed by atoms with Crippen LogP contribution in [0.4, 0.5) is 15.8 Å². The van der Waals surface area contributed by atoms with Crippen molar-refractivity contribution in [2.24, 2.45) is 0 Å². The maximum Gasteiger partial charge on any atom is 0.237 e. The van der Waals surface area contributed by atoms with Gasteiger partial charge in [-0.1, -0.05) is 15.9 Å². The van der Waals surface area contributed by atoms with Crippen LogP contribution in [0.15, 0.2) is 51.8 Å². The molecule has 2 aromatic rings. The van der Waals surface area contributed by atoms with Crippen LogP contribution in [0.3, 0.4) is 0 Å². The summed E-state index contributed by atoms with van der Waals surface area (Å²) in [6.45, 7) is 1.77. The molecule has 1 amide bonds. The highest BCUT2D eigenvalue weighted by molar-refractivity contribution is 9.10. The zero-order chi connectivity index (χ0) is 15.4. The van der Waals surface area contributed by atoms with Gasteiger partial charge < -0.3 is 11.1 Å². The van der Waals surface area contributed by atoms with Crippen molar-refractivity contribution in [3.05, 3.63) is 52.8 Å². The predicted molar refractivity (Wildman–Crippen MR) is 88.9 cm³/mol. The molecule has 3 nitrogen and oxygen atoms in total. The molecule has 0 spiro atoms. The van der Waals surface area contributed by atoms with E-state index in [-0.39, 0.29) is 16.8 Å².